The van der Waals surface area contributed by atoms with Gasteiger partial charge in [-0.3, -0.25) is 14.5 Å². The second-order valence-electron chi connectivity index (χ2n) is 6.89. The Labute approximate surface area is 185 Å². The van der Waals surface area contributed by atoms with E-state index < -0.39 is 23.1 Å². The van der Waals surface area contributed by atoms with Gasteiger partial charge in [-0.05, 0) is 47.4 Å². The number of hydrogen-bond donors (Lipinski definition) is 1. The van der Waals surface area contributed by atoms with Crippen LogP contribution in [-0.4, -0.2) is 45.5 Å². The van der Waals surface area contributed by atoms with Crippen LogP contribution in [0.3, 0.4) is 0 Å². The van der Waals surface area contributed by atoms with Crippen LogP contribution in [0.25, 0.3) is 0 Å². The number of hydrogen-bond acceptors (Lipinski definition) is 4. The Balaban J connectivity index is 1.51. The number of carbonyl (C=O) groups is 3. The summed E-state index contributed by atoms with van der Waals surface area (Å²) in [6.45, 7) is -0.166. The van der Waals surface area contributed by atoms with E-state index >= 15 is 0 Å². The van der Waals surface area contributed by atoms with E-state index in [0.717, 1.165) is 9.37 Å². The zero-order chi connectivity index (χ0) is 21.3. The molecular formula is C21H17BrFN3O3S. The molecule has 9 heteroatoms. The first-order valence-corrected chi connectivity index (χ1v) is 10.9. The van der Waals surface area contributed by atoms with Crippen LogP contribution < -0.4 is 5.32 Å². The summed E-state index contributed by atoms with van der Waals surface area (Å²) in [6.07, 6.45) is 1.77. The molecule has 1 saturated heterocycles. The maximum absolute atomic E-state index is 13.2. The number of imide groups is 1. The fraction of sp³-hybridized carbons (Fsp3) is 0.190. The van der Waals surface area contributed by atoms with Crippen LogP contribution in [0.4, 0.5) is 14.9 Å². The summed E-state index contributed by atoms with van der Waals surface area (Å²) in [5, 5.41) is 4.05. The number of thioether (sulfide) groups is 1. The van der Waals surface area contributed by atoms with E-state index in [2.05, 4.69) is 21.2 Å². The molecule has 0 bridgehead atoms. The van der Waals surface area contributed by atoms with Crippen molar-refractivity contribution >= 4 is 51.2 Å². The molecule has 2 aromatic carbocycles. The maximum Gasteiger partial charge on any atom is 0.328 e. The number of nitrogens with one attached hydrogen (secondary N) is 1. The van der Waals surface area contributed by atoms with Crippen molar-refractivity contribution in [2.24, 2.45) is 0 Å². The topological polar surface area (TPSA) is 69.7 Å². The van der Waals surface area contributed by atoms with E-state index in [-0.39, 0.29) is 24.9 Å². The first-order chi connectivity index (χ1) is 14.4. The lowest BCUT2D eigenvalue weighted by molar-refractivity contribution is -0.132. The molecule has 2 unspecified atom stereocenters. The molecule has 2 aliphatic rings. The van der Waals surface area contributed by atoms with E-state index in [1.807, 2.05) is 0 Å². The van der Waals surface area contributed by atoms with E-state index in [1.54, 1.807) is 35.7 Å². The minimum absolute atomic E-state index is 0.0204. The zero-order valence-electron chi connectivity index (χ0n) is 15.6. The predicted molar refractivity (Wildman–Crippen MR) is 116 cm³/mol. The van der Waals surface area contributed by atoms with Crippen LogP contribution in [0.1, 0.15) is 5.56 Å². The molecular weight excluding hydrogens is 473 g/mol. The highest BCUT2D eigenvalue weighted by atomic mass is 79.9. The number of carbonyl (C=O) groups excluding carboxylic acids is 3. The number of benzene rings is 2. The molecule has 6 nitrogen and oxygen atoms in total. The van der Waals surface area contributed by atoms with Gasteiger partial charge in [-0.1, -0.05) is 34.1 Å². The van der Waals surface area contributed by atoms with Crippen molar-refractivity contribution in [3.63, 3.8) is 0 Å². The average Bonchev–Trinajstić information content (AvgIpc) is 3.22. The molecule has 4 amide bonds. The highest BCUT2D eigenvalue weighted by molar-refractivity contribution is 9.10. The number of urea groups is 1. The van der Waals surface area contributed by atoms with Crippen molar-refractivity contribution in [3.8, 4) is 0 Å². The van der Waals surface area contributed by atoms with Gasteiger partial charge < -0.3 is 10.2 Å². The monoisotopic (exact) mass is 489 g/mol. The third kappa shape index (κ3) is 4.27. The van der Waals surface area contributed by atoms with Crippen LogP contribution >= 0.6 is 27.7 Å². The number of anilines is 1. The predicted octanol–water partition coefficient (Wildman–Crippen LogP) is 3.99. The second kappa shape index (κ2) is 8.61. The summed E-state index contributed by atoms with van der Waals surface area (Å²) in [5.41, 5.74) is 1.24. The molecule has 0 aromatic heterocycles. The van der Waals surface area contributed by atoms with Gasteiger partial charge in [-0.25, -0.2) is 9.18 Å². The van der Waals surface area contributed by atoms with Gasteiger partial charge in [0.15, 0.2) is 0 Å². The fourth-order valence-corrected chi connectivity index (χ4v) is 4.70. The summed E-state index contributed by atoms with van der Waals surface area (Å²) in [7, 11) is 0. The molecule has 0 radical (unpaired) electrons. The normalized spacial score (nSPS) is 20.5. The number of rotatable bonds is 5. The number of amides is 4. The summed E-state index contributed by atoms with van der Waals surface area (Å²) in [5.74, 6) is -1.06. The van der Waals surface area contributed by atoms with E-state index in [0.29, 0.717) is 11.3 Å². The van der Waals surface area contributed by atoms with Gasteiger partial charge in [-0.15, -0.1) is 11.8 Å². The molecule has 2 aliphatic heterocycles. The molecule has 1 fully saturated rings. The Bertz CT molecular complexity index is 1010. The molecule has 154 valence electrons. The lowest BCUT2D eigenvalue weighted by Crippen LogP contribution is -2.62. The summed E-state index contributed by atoms with van der Waals surface area (Å²) < 4.78 is 14.1. The molecule has 2 atom stereocenters. The highest BCUT2D eigenvalue weighted by Crippen LogP contribution is 2.35. The zero-order valence-corrected chi connectivity index (χ0v) is 18.0. The van der Waals surface area contributed by atoms with Crippen molar-refractivity contribution in [1.82, 2.24) is 9.80 Å². The Kier molecular flexibility index (Phi) is 5.92. The molecule has 0 aliphatic carbocycles. The molecule has 1 N–H and O–H groups in total. The Morgan fingerprint density at radius 3 is 2.50 bits per heavy atom. The lowest BCUT2D eigenvalue weighted by atomic mass is 10.1. The SMILES string of the molecule is O=C(CN1C(=O)N(Cc2ccc(F)cc2)C(=O)C2SC=CC21)Nc1ccc(Br)cc1. The third-order valence-electron chi connectivity index (χ3n) is 4.85. The van der Waals surface area contributed by atoms with Crippen molar-refractivity contribution < 1.29 is 18.8 Å². The summed E-state index contributed by atoms with van der Waals surface area (Å²) in [4.78, 5) is 41.1. The minimum atomic E-state index is -0.538. The van der Waals surface area contributed by atoms with Gasteiger partial charge in [0.1, 0.15) is 17.6 Å². The van der Waals surface area contributed by atoms with Crippen LogP contribution in [0.15, 0.2) is 64.5 Å². The van der Waals surface area contributed by atoms with Crippen molar-refractivity contribution in [2.75, 3.05) is 11.9 Å². The largest absolute Gasteiger partial charge is 0.328 e. The first kappa shape index (κ1) is 20.6. The minimum Gasteiger partial charge on any atom is -0.325 e. The third-order valence-corrected chi connectivity index (χ3v) is 6.47. The standard InChI is InChI=1S/C21H17BrFN3O3S/c22-14-3-7-16(8-4-14)24-18(27)12-25-17-9-10-30-19(17)20(28)26(21(25)29)11-13-1-5-15(23)6-2-13/h1-10,17,19H,11-12H2,(H,24,27). The average molecular weight is 490 g/mol. The van der Waals surface area contributed by atoms with Gasteiger partial charge in [-0.2, -0.15) is 0 Å². The van der Waals surface area contributed by atoms with Crippen molar-refractivity contribution in [2.45, 2.75) is 17.8 Å². The fourth-order valence-electron chi connectivity index (χ4n) is 3.37. The van der Waals surface area contributed by atoms with Gasteiger partial charge in [0.2, 0.25) is 11.8 Å². The van der Waals surface area contributed by atoms with Crippen LogP contribution in [0.5, 0.6) is 0 Å². The van der Waals surface area contributed by atoms with Crippen LogP contribution in [0, 0.1) is 5.82 Å². The van der Waals surface area contributed by atoms with E-state index in [1.165, 1.54) is 40.9 Å². The molecule has 4 rings (SSSR count). The van der Waals surface area contributed by atoms with E-state index in [9.17, 15) is 18.8 Å². The molecule has 30 heavy (non-hydrogen) atoms. The Morgan fingerprint density at radius 2 is 1.80 bits per heavy atom. The van der Waals surface area contributed by atoms with Gasteiger partial charge in [0.25, 0.3) is 0 Å². The van der Waals surface area contributed by atoms with Gasteiger partial charge >= 0.3 is 6.03 Å². The van der Waals surface area contributed by atoms with Gasteiger partial charge in [0.05, 0.1) is 12.6 Å². The first-order valence-electron chi connectivity index (χ1n) is 9.16. The van der Waals surface area contributed by atoms with Crippen LogP contribution in [-0.2, 0) is 16.1 Å². The van der Waals surface area contributed by atoms with E-state index in [4.69, 9.17) is 0 Å². The summed E-state index contributed by atoms with van der Waals surface area (Å²) >= 11 is 4.67. The molecule has 0 spiro atoms. The van der Waals surface area contributed by atoms with Crippen molar-refractivity contribution in [3.05, 3.63) is 75.9 Å². The lowest BCUT2D eigenvalue weighted by Gasteiger charge is -2.40. The quantitative estimate of drug-likeness (QED) is 0.689. The number of halogens is 2. The Hall–Kier alpha value is -2.65. The maximum atomic E-state index is 13.2. The molecule has 2 heterocycles. The molecule has 2 aromatic rings. The number of fused-ring (bicyclic) bond motifs is 1. The van der Waals surface area contributed by atoms with Gasteiger partial charge in [0, 0.05) is 10.2 Å². The number of nitrogens with zero attached hydrogens (tertiary/aromatic N) is 2. The summed E-state index contributed by atoms with van der Waals surface area (Å²) in [6, 6.07) is 11.7. The smallest absolute Gasteiger partial charge is 0.325 e. The van der Waals surface area contributed by atoms with Crippen LogP contribution in [0.2, 0.25) is 0 Å². The Morgan fingerprint density at radius 1 is 1.10 bits per heavy atom. The second-order valence-corrected chi connectivity index (χ2v) is 8.86. The molecule has 0 saturated carbocycles. The van der Waals surface area contributed by atoms with Crippen molar-refractivity contribution in [1.29, 1.82) is 0 Å². The highest BCUT2D eigenvalue weighted by Gasteiger charge is 2.47.